The van der Waals surface area contributed by atoms with Gasteiger partial charge in [-0.05, 0) is 23.8 Å². The molecule has 6 nitrogen and oxygen atoms in total. The largest absolute Gasteiger partial charge is 0.335 e. The summed E-state index contributed by atoms with van der Waals surface area (Å²) < 4.78 is 15.1. The van der Waals surface area contributed by atoms with Crippen LogP contribution in [0.1, 0.15) is 52.4 Å². The number of aromatic nitrogens is 2. The van der Waals surface area contributed by atoms with E-state index in [-0.39, 0.29) is 23.3 Å². The molecular formula is C23H25FN4O2S. The molecule has 31 heavy (non-hydrogen) atoms. The van der Waals surface area contributed by atoms with E-state index in [1.54, 1.807) is 34.6 Å². The number of carbonyl (C=O) groups excluding carboxylic acids is 1. The lowest BCUT2D eigenvalue weighted by atomic mass is 10.0. The summed E-state index contributed by atoms with van der Waals surface area (Å²) in [6.07, 6.45) is 1.61. The lowest BCUT2D eigenvalue weighted by Gasteiger charge is -2.34. The van der Waals surface area contributed by atoms with Crippen molar-refractivity contribution in [2.45, 2.75) is 32.4 Å². The Balaban J connectivity index is 1.51. The molecule has 162 valence electrons. The van der Waals surface area contributed by atoms with Gasteiger partial charge in [0.2, 0.25) is 0 Å². The quantitative estimate of drug-likeness (QED) is 0.660. The fourth-order valence-electron chi connectivity index (χ4n) is 3.68. The molecule has 1 aromatic carbocycles. The molecule has 3 heterocycles. The van der Waals surface area contributed by atoms with Crippen LogP contribution in [0, 0.1) is 5.82 Å². The van der Waals surface area contributed by atoms with Crippen molar-refractivity contribution in [2.75, 3.05) is 19.6 Å². The highest BCUT2D eigenvalue weighted by molar-refractivity contribution is 7.09. The van der Waals surface area contributed by atoms with Crippen LogP contribution in [0.2, 0.25) is 0 Å². The van der Waals surface area contributed by atoms with Gasteiger partial charge in [0.05, 0.1) is 28.9 Å². The number of thiazole rings is 1. The second-order valence-electron chi connectivity index (χ2n) is 8.03. The highest BCUT2D eigenvalue weighted by Gasteiger charge is 2.25. The molecule has 1 aliphatic heterocycles. The van der Waals surface area contributed by atoms with Gasteiger partial charge in [-0.1, -0.05) is 26.0 Å². The highest BCUT2D eigenvalue weighted by Crippen LogP contribution is 2.21. The fourth-order valence-corrected chi connectivity index (χ4v) is 4.51. The zero-order chi connectivity index (χ0) is 22.0. The summed E-state index contributed by atoms with van der Waals surface area (Å²) in [6.45, 7) is 6.09. The third-order valence-corrected chi connectivity index (χ3v) is 6.53. The molecule has 0 radical (unpaired) electrons. The third kappa shape index (κ3) is 4.91. The third-order valence-electron chi connectivity index (χ3n) is 5.34. The first-order valence-electron chi connectivity index (χ1n) is 10.3. The van der Waals surface area contributed by atoms with E-state index in [0.717, 1.165) is 16.3 Å². The Morgan fingerprint density at radius 2 is 2.16 bits per heavy atom. The molecule has 1 saturated heterocycles. The van der Waals surface area contributed by atoms with Crippen LogP contribution >= 0.6 is 11.3 Å². The maximum Gasteiger partial charge on any atom is 0.255 e. The van der Waals surface area contributed by atoms with Crippen molar-refractivity contribution in [1.29, 1.82) is 0 Å². The van der Waals surface area contributed by atoms with Gasteiger partial charge in [0, 0.05) is 43.2 Å². The summed E-state index contributed by atoms with van der Waals surface area (Å²) in [5.74, 6) is -0.0996. The van der Waals surface area contributed by atoms with Crippen LogP contribution in [-0.2, 0) is 6.54 Å². The summed E-state index contributed by atoms with van der Waals surface area (Å²) >= 11 is 1.58. The Labute approximate surface area is 184 Å². The summed E-state index contributed by atoms with van der Waals surface area (Å²) in [5.41, 5.74) is 1.91. The second-order valence-corrected chi connectivity index (χ2v) is 8.92. The van der Waals surface area contributed by atoms with E-state index in [1.165, 1.54) is 22.8 Å². The minimum Gasteiger partial charge on any atom is -0.335 e. The lowest BCUT2D eigenvalue weighted by molar-refractivity contribution is 0.0702. The molecule has 8 heteroatoms. The Hall–Kier alpha value is -2.84. The Kier molecular flexibility index (Phi) is 6.29. The molecule has 0 aliphatic carbocycles. The number of nitrogens with one attached hydrogen (secondary N) is 1. The summed E-state index contributed by atoms with van der Waals surface area (Å²) in [4.78, 5) is 31.8. The van der Waals surface area contributed by atoms with Crippen LogP contribution in [0.3, 0.4) is 0 Å². The molecule has 3 aromatic rings. The van der Waals surface area contributed by atoms with Gasteiger partial charge in [-0.15, -0.1) is 11.3 Å². The van der Waals surface area contributed by atoms with Crippen LogP contribution in [-0.4, -0.2) is 40.0 Å². The molecule has 1 unspecified atom stereocenters. The van der Waals surface area contributed by atoms with Crippen molar-refractivity contribution in [3.05, 3.63) is 86.0 Å². The molecule has 1 atom stereocenters. The number of benzene rings is 1. The van der Waals surface area contributed by atoms with E-state index in [4.69, 9.17) is 0 Å². The predicted octanol–water partition coefficient (Wildman–Crippen LogP) is 3.40. The van der Waals surface area contributed by atoms with Crippen LogP contribution in [0.4, 0.5) is 4.39 Å². The van der Waals surface area contributed by atoms with Crippen LogP contribution in [0.15, 0.2) is 52.8 Å². The average Bonchev–Trinajstić information content (AvgIpc) is 3.24. The zero-order valence-corrected chi connectivity index (χ0v) is 18.4. The number of hydrogen-bond acceptors (Lipinski definition) is 5. The Bertz CT molecular complexity index is 1140. The van der Waals surface area contributed by atoms with Gasteiger partial charge in [-0.3, -0.25) is 9.59 Å². The highest BCUT2D eigenvalue weighted by atomic mass is 32.1. The average molecular weight is 441 g/mol. The Morgan fingerprint density at radius 3 is 2.90 bits per heavy atom. The van der Waals surface area contributed by atoms with Crippen molar-refractivity contribution in [3.8, 4) is 0 Å². The normalized spacial score (nSPS) is 16.6. The number of pyridine rings is 1. The topological polar surface area (TPSA) is 67.2 Å². The van der Waals surface area contributed by atoms with Crippen LogP contribution in [0.25, 0.3) is 0 Å². The molecule has 1 fully saturated rings. The minimum absolute atomic E-state index is 0.135. The van der Waals surface area contributed by atoms with Gasteiger partial charge in [0.15, 0.2) is 0 Å². The summed E-state index contributed by atoms with van der Waals surface area (Å²) in [7, 11) is 0. The van der Waals surface area contributed by atoms with Crippen molar-refractivity contribution in [3.63, 3.8) is 0 Å². The van der Waals surface area contributed by atoms with Crippen LogP contribution < -0.4 is 10.9 Å². The van der Waals surface area contributed by atoms with E-state index >= 15 is 0 Å². The van der Waals surface area contributed by atoms with E-state index in [1.807, 2.05) is 11.4 Å². The van der Waals surface area contributed by atoms with Crippen molar-refractivity contribution >= 4 is 17.2 Å². The van der Waals surface area contributed by atoms with Crippen LogP contribution in [0.5, 0.6) is 0 Å². The first-order chi connectivity index (χ1) is 14.9. The summed E-state index contributed by atoms with van der Waals surface area (Å²) in [5, 5.41) is 6.32. The van der Waals surface area contributed by atoms with Gasteiger partial charge in [0.25, 0.3) is 11.5 Å². The Morgan fingerprint density at radius 1 is 1.32 bits per heavy atom. The van der Waals surface area contributed by atoms with Crippen molar-refractivity contribution < 1.29 is 9.18 Å². The first kappa shape index (κ1) is 21.4. The zero-order valence-electron chi connectivity index (χ0n) is 17.5. The van der Waals surface area contributed by atoms with E-state index in [9.17, 15) is 14.0 Å². The smallest absolute Gasteiger partial charge is 0.255 e. The number of piperazine rings is 1. The monoisotopic (exact) mass is 440 g/mol. The van der Waals surface area contributed by atoms with Crippen molar-refractivity contribution in [1.82, 2.24) is 19.8 Å². The maximum atomic E-state index is 13.6. The molecule has 2 aromatic heterocycles. The number of nitrogens with zero attached hydrogens (tertiary/aromatic N) is 3. The molecule has 1 aliphatic rings. The van der Waals surface area contributed by atoms with E-state index < -0.39 is 0 Å². The standard InChI is InChI=1S/C23H25FN4O2S/c1-15(2)22-26-19(14-31-22)12-28-11-17(6-7-21(28)29)23(30)27-9-8-25-20(13-27)16-4-3-5-18(24)10-16/h3-7,10-11,14-15,20,25H,8-9,12-13H2,1-2H3. The minimum atomic E-state index is -0.294. The van der Waals surface area contributed by atoms with Gasteiger partial charge in [0.1, 0.15) is 5.82 Å². The number of amides is 1. The second kappa shape index (κ2) is 9.11. The van der Waals surface area contributed by atoms with E-state index in [2.05, 4.69) is 24.1 Å². The van der Waals surface area contributed by atoms with Gasteiger partial charge >= 0.3 is 0 Å². The first-order valence-corrected chi connectivity index (χ1v) is 11.2. The lowest BCUT2D eigenvalue weighted by Crippen LogP contribution is -2.48. The number of hydrogen-bond donors (Lipinski definition) is 1. The number of rotatable bonds is 5. The maximum absolute atomic E-state index is 13.6. The fraction of sp³-hybridized carbons (Fsp3) is 0.348. The van der Waals surface area contributed by atoms with E-state index in [0.29, 0.717) is 37.7 Å². The van der Waals surface area contributed by atoms with Gasteiger partial charge in [-0.2, -0.15) is 0 Å². The van der Waals surface area contributed by atoms with Gasteiger partial charge < -0.3 is 14.8 Å². The molecule has 1 N–H and O–H groups in total. The number of halogens is 1. The number of carbonyl (C=O) groups is 1. The molecule has 0 bridgehead atoms. The predicted molar refractivity (Wildman–Crippen MR) is 119 cm³/mol. The molecule has 0 saturated carbocycles. The molecular weight excluding hydrogens is 415 g/mol. The SMILES string of the molecule is CC(C)c1nc(Cn2cc(C(=O)N3CCNC(c4cccc(F)c4)C3)ccc2=O)cs1. The molecule has 0 spiro atoms. The molecule has 1 amide bonds. The molecule has 4 rings (SSSR count). The van der Waals surface area contributed by atoms with Gasteiger partial charge in [-0.25, -0.2) is 9.37 Å². The summed E-state index contributed by atoms with van der Waals surface area (Å²) in [6, 6.07) is 9.29. The van der Waals surface area contributed by atoms with Crippen molar-refractivity contribution in [2.24, 2.45) is 0 Å².